The van der Waals surface area contributed by atoms with E-state index in [1.54, 1.807) is 0 Å². The van der Waals surface area contributed by atoms with Gasteiger partial charge in [-0.3, -0.25) is 0 Å². The van der Waals surface area contributed by atoms with E-state index in [1.165, 1.54) is 0 Å². The van der Waals surface area contributed by atoms with E-state index in [1.807, 2.05) is 0 Å². The molecule has 1 fully saturated rings. The van der Waals surface area contributed by atoms with Gasteiger partial charge in [-0.15, -0.1) is 0 Å². The molecule has 0 spiro atoms. The largest absolute Gasteiger partial charge is 0.490 e. The highest BCUT2D eigenvalue weighted by molar-refractivity contribution is 8.13. The maximum atomic E-state index is 13.3. The van der Waals surface area contributed by atoms with E-state index < -0.39 is 14.9 Å². The van der Waals surface area contributed by atoms with E-state index in [4.69, 9.17) is 15.4 Å². The van der Waals surface area contributed by atoms with Gasteiger partial charge in [-0.25, -0.2) is 12.8 Å². The molecule has 2 rings (SSSR count). The van der Waals surface area contributed by atoms with Gasteiger partial charge in [0.1, 0.15) is 0 Å². The summed E-state index contributed by atoms with van der Waals surface area (Å²) in [5.41, 5.74) is 0. The van der Waals surface area contributed by atoms with Crippen molar-refractivity contribution >= 4 is 19.7 Å². The second-order valence-electron chi connectivity index (χ2n) is 3.78. The first-order chi connectivity index (χ1) is 7.47. The highest BCUT2D eigenvalue weighted by Gasteiger charge is 2.23. The molecule has 0 unspecified atom stereocenters. The molecule has 0 atom stereocenters. The molecule has 0 bridgehead atoms. The molecule has 16 heavy (non-hydrogen) atoms. The summed E-state index contributed by atoms with van der Waals surface area (Å²) in [6, 6.07) is 3.26. The zero-order valence-electron chi connectivity index (χ0n) is 8.32. The van der Waals surface area contributed by atoms with Gasteiger partial charge in [0, 0.05) is 16.7 Å². The molecule has 1 aromatic carbocycles. The quantitative estimate of drug-likeness (QED) is 0.785. The van der Waals surface area contributed by atoms with Gasteiger partial charge in [0.2, 0.25) is 0 Å². The molecule has 0 heterocycles. The Morgan fingerprint density at radius 2 is 2.12 bits per heavy atom. The summed E-state index contributed by atoms with van der Waals surface area (Å²) in [4.78, 5) is -0.152. The Bertz CT molecular complexity index is 497. The predicted molar refractivity (Wildman–Crippen MR) is 57.7 cm³/mol. The van der Waals surface area contributed by atoms with Crippen molar-refractivity contribution in [3.8, 4) is 5.75 Å². The number of hydrogen-bond donors (Lipinski definition) is 0. The normalized spacial score (nSPS) is 16.1. The average molecular weight is 265 g/mol. The lowest BCUT2D eigenvalue weighted by Gasteiger charge is -2.07. The fraction of sp³-hybridized carbons (Fsp3) is 0.400. The summed E-state index contributed by atoms with van der Waals surface area (Å²) in [6.07, 6.45) is 2.16. The van der Waals surface area contributed by atoms with E-state index >= 15 is 0 Å². The van der Waals surface area contributed by atoms with Crippen LogP contribution in [0.2, 0.25) is 0 Å². The standard InChI is InChI=1S/C10H10ClFO3S/c11-16(13,14)8-3-4-9(12)10(5-8)15-6-7-1-2-7/h3-5,7H,1-2,6H2. The number of halogens is 2. The van der Waals surface area contributed by atoms with Crippen LogP contribution in [0.4, 0.5) is 4.39 Å². The number of hydrogen-bond acceptors (Lipinski definition) is 3. The van der Waals surface area contributed by atoms with Crippen molar-refractivity contribution in [2.75, 3.05) is 6.61 Å². The fourth-order valence-electron chi connectivity index (χ4n) is 1.24. The van der Waals surface area contributed by atoms with Crippen molar-refractivity contribution in [2.24, 2.45) is 5.92 Å². The molecule has 0 radical (unpaired) electrons. The zero-order chi connectivity index (χ0) is 11.8. The number of ether oxygens (including phenoxy) is 1. The first-order valence-electron chi connectivity index (χ1n) is 4.84. The van der Waals surface area contributed by atoms with Crippen LogP contribution in [0.25, 0.3) is 0 Å². The van der Waals surface area contributed by atoms with Gasteiger partial charge in [-0.1, -0.05) is 0 Å². The van der Waals surface area contributed by atoms with E-state index in [0.29, 0.717) is 12.5 Å². The molecule has 1 saturated carbocycles. The van der Waals surface area contributed by atoms with Crippen LogP contribution in [-0.4, -0.2) is 15.0 Å². The van der Waals surface area contributed by atoms with Gasteiger partial charge in [-0.05, 0) is 30.9 Å². The Balaban J connectivity index is 2.21. The highest BCUT2D eigenvalue weighted by atomic mass is 35.7. The molecule has 1 aromatic rings. The topological polar surface area (TPSA) is 43.4 Å². The molecular weight excluding hydrogens is 255 g/mol. The third-order valence-corrected chi connectivity index (χ3v) is 3.71. The van der Waals surface area contributed by atoms with Crippen LogP contribution in [0.3, 0.4) is 0 Å². The lowest BCUT2D eigenvalue weighted by molar-refractivity contribution is 0.284. The maximum absolute atomic E-state index is 13.3. The van der Waals surface area contributed by atoms with Crippen molar-refractivity contribution in [1.82, 2.24) is 0 Å². The van der Waals surface area contributed by atoms with Gasteiger partial charge in [-0.2, -0.15) is 0 Å². The molecule has 0 N–H and O–H groups in total. The number of rotatable bonds is 4. The first kappa shape index (κ1) is 11.7. The molecule has 0 aromatic heterocycles. The molecule has 0 aliphatic heterocycles. The second-order valence-corrected chi connectivity index (χ2v) is 6.35. The summed E-state index contributed by atoms with van der Waals surface area (Å²) in [5.74, 6) is -0.172. The second kappa shape index (κ2) is 4.22. The molecule has 6 heteroatoms. The van der Waals surface area contributed by atoms with Gasteiger partial charge in [0.15, 0.2) is 11.6 Å². The Morgan fingerprint density at radius 3 is 2.69 bits per heavy atom. The first-order valence-corrected chi connectivity index (χ1v) is 7.15. The molecular formula is C10H10ClFO3S. The molecule has 1 aliphatic carbocycles. The Labute approximate surface area is 97.6 Å². The molecule has 3 nitrogen and oxygen atoms in total. The zero-order valence-corrected chi connectivity index (χ0v) is 9.89. The van der Waals surface area contributed by atoms with E-state index in [-0.39, 0.29) is 10.6 Å². The van der Waals surface area contributed by atoms with Crippen LogP contribution in [0.5, 0.6) is 5.75 Å². The van der Waals surface area contributed by atoms with Crippen molar-refractivity contribution in [1.29, 1.82) is 0 Å². The Hall–Kier alpha value is -0.810. The molecule has 1 aliphatic rings. The van der Waals surface area contributed by atoms with Crippen molar-refractivity contribution in [2.45, 2.75) is 17.7 Å². The monoisotopic (exact) mass is 264 g/mol. The van der Waals surface area contributed by atoms with Gasteiger partial charge in [0.25, 0.3) is 9.05 Å². The lowest BCUT2D eigenvalue weighted by atomic mass is 10.3. The average Bonchev–Trinajstić information content (AvgIpc) is 2.98. The minimum atomic E-state index is -3.84. The Morgan fingerprint density at radius 1 is 1.44 bits per heavy atom. The number of benzene rings is 1. The van der Waals surface area contributed by atoms with E-state index in [9.17, 15) is 12.8 Å². The van der Waals surface area contributed by atoms with E-state index in [0.717, 1.165) is 31.0 Å². The van der Waals surface area contributed by atoms with Crippen molar-refractivity contribution < 1.29 is 17.5 Å². The van der Waals surface area contributed by atoms with Crippen LogP contribution in [0, 0.1) is 11.7 Å². The van der Waals surface area contributed by atoms with Crippen molar-refractivity contribution in [3.63, 3.8) is 0 Å². The summed E-state index contributed by atoms with van der Waals surface area (Å²) in [6.45, 7) is 0.419. The van der Waals surface area contributed by atoms with Crippen LogP contribution in [0.1, 0.15) is 12.8 Å². The summed E-state index contributed by atoms with van der Waals surface area (Å²) < 4.78 is 40.5. The van der Waals surface area contributed by atoms with Crippen LogP contribution in [-0.2, 0) is 9.05 Å². The third-order valence-electron chi connectivity index (χ3n) is 2.36. The smallest absolute Gasteiger partial charge is 0.261 e. The molecule has 88 valence electrons. The SMILES string of the molecule is O=S(=O)(Cl)c1ccc(F)c(OCC2CC2)c1. The summed E-state index contributed by atoms with van der Waals surface area (Å²) in [5, 5.41) is 0. The van der Waals surface area contributed by atoms with Gasteiger partial charge in [0.05, 0.1) is 11.5 Å². The van der Waals surface area contributed by atoms with E-state index in [2.05, 4.69) is 0 Å². The fourth-order valence-corrected chi connectivity index (χ4v) is 2.00. The highest BCUT2D eigenvalue weighted by Crippen LogP contribution is 2.31. The molecule has 0 saturated heterocycles. The van der Waals surface area contributed by atoms with Crippen molar-refractivity contribution in [3.05, 3.63) is 24.0 Å². The summed E-state index contributed by atoms with van der Waals surface area (Å²) >= 11 is 0. The lowest BCUT2D eigenvalue weighted by Crippen LogP contribution is -2.02. The van der Waals surface area contributed by atoms with Crippen LogP contribution >= 0.6 is 10.7 Å². The maximum Gasteiger partial charge on any atom is 0.261 e. The summed E-state index contributed by atoms with van der Waals surface area (Å²) in [7, 11) is 1.31. The minimum absolute atomic E-state index is 0.0615. The van der Waals surface area contributed by atoms with Crippen LogP contribution < -0.4 is 4.74 Å². The molecule has 0 amide bonds. The predicted octanol–water partition coefficient (Wildman–Crippen LogP) is 2.54. The van der Waals surface area contributed by atoms with Crippen LogP contribution in [0.15, 0.2) is 23.1 Å². The Kier molecular flexibility index (Phi) is 3.08. The third kappa shape index (κ3) is 2.86. The van der Waals surface area contributed by atoms with Gasteiger partial charge >= 0.3 is 0 Å². The minimum Gasteiger partial charge on any atom is -0.490 e. The van der Waals surface area contributed by atoms with Gasteiger partial charge < -0.3 is 4.74 Å².